The van der Waals surface area contributed by atoms with Gasteiger partial charge in [-0.15, -0.1) is 0 Å². The van der Waals surface area contributed by atoms with Gasteiger partial charge >= 0.3 is 0 Å². The first-order chi connectivity index (χ1) is 14.2. The molecular formula is C21H25Cl2N3O3S. The molecule has 9 heteroatoms. The summed E-state index contributed by atoms with van der Waals surface area (Å²) in [5.41, 5.74) is 2.21. The van der Waals surface area contributed by atoms with Crippen molar-refractivity contribution in [1.29, 1.82) is 0 Å². The summed E-state index contributed by atoms with van der Waals surface area (Å²) in [6.45, 7) is 5.78. The first-order valence-corrected chi connectivity index (χ1v) is 11.9. The number of sulfonamides is 1. The second-order valence-electron chi connectivity index (χ2n) is 7.37. The van der Waals surface area contributed by atoms with E-state index >= 15 is 0 Å². The molecule has 6 nitrogen and oxygen atoms in total. The van der Waals surface area contributed by atoms with Crippen LogP contribution in [0.15, 0.2) is 47.4 Å². The van der Waals surface area contributed by atoms with E-state index in [-0.39, 0.29) is 40.0 Å². The number of piperazine rings is 1. The lowest BCUT2D eigenvalue weighted by Crippen LogP contribution is -2.54. The second kappa shape index (κ2) is 9.66. The van der Waals surface area contributed by atoms with Gasteiger partial charge in [0.2, 0.25) is 15.9 Å². The third-order valence-corrected chi connectivity index (χ3v) is 8.19. The molecule has 1 atom stereocenters. The maximum Gasteiger partial charge on any atom is 0.244 e. The first kappa shape index (κ1) is 23.0. The second-order valence-corrected chi connectivity index (χ2v) is 10.1. The van der Waals surface area contributed by atoms with Crippen molar-refractivity contribution in [2.45, 2.75) is 31.3 Å². The summed E-state index contributed by atoms with van der Waals surface area (Å²) < 4.78 is 27.3. The molecule has 1 heterocycles. The average Bonchev–Trinajstić information content (AvgIpc) is 2.74. The van der Waals surface area contributed by atoms with Gasteiger partial charge in [-0.3, -0.25) is 9.69 Å². The number of carbonyl (C=O) groups excluding carboxylic acids is 1. The van der Waals surface area contributed by atoms with Crippen molar-refractivity contribution in [2.24, 2.45) is 0 Å². The van der Waals surface area contributed by atoms with Crippen LogP contribution in [0, 0.1) is 6.92 Å². The van der Waals surface area contributed by atoms with Crippen LogP contribution in [0.1, 0.15) is 18.1 Å². The molecule has 30 heavy (non-hydrogen) atoms. The van der Waals surface area contributed by atoms with Crippen molar-refractivity contribution in [3.8, 4) is 0 Å². The molecule has 0 bridgehead atoms. The number of rotatable bonds is 6. The number of nitrogens with zero attached hydrogens (tertiary/aromatic N) is 2. The number of aryl methyl sites for hydroxylation is 1. The van der Waals surface area contributed by atoms with Gasteiger partial charge in [-0.1, -0.05) is 59.1 Å². The summed E-state index contributed by atoms with van der Waals surface area (Å²) in [5, 5.41) is 3.19. The number of hydrogen-bond donors (Lipinski definition) is 1. The van der Waals surface area contributed by atoms with Crippen LogP contribution in [0.25, 0.3) is 0 Å². The SMILES string of the molecule is Cc1ccc(CNC(=O)C(C)N2CCN(S(=O)(=O)c3cccc(Cl)c3Cl)CC2)cc1. The minimum absolute atomic E-state index is 0.00834. The standard InChI is InChI=1S/C21H25Cl2N3O3S/c1-15-6-8-17(9-7-15)14-24-21(27)16(2)25-10-12-26(13-11-25)30(28,29)19-5-3-4-18(22)20(19)23/h3-9,16H,10-14H2,1-2H3,(H,24,27). The van der Waals surface area contributed by atoms with E-state index < -0.39 is 10.0 Å². The quantitative estimate of drug-likeness (QED) is 0.704. The van der Waals surface area contributed by atoms with Gasteiger partial charge in [0.25, 0.3) is 0 Å². The molecular weight excluding hydrogens is 445 g/mol. The summed E-state index contributed by atoms with van der Waals surface area (Å²) in [6, 6.07) is 12.2. The first-order valence-electron chi connectivity index (χ1n) is 9.71. The molecule has 1 fully saturated rings. The highest BCUT2D eigenvalue weighted by molar-refractivity contribution is 7.89. The molecule has 0 saturated carbocycles. The lowest BCUT2D eigenvalue weighted by molar-refractivity contribution is -0.126. The predicted molar refractivity (Wildman–Crippen MR) is 119 cm³/mol. The number of benzene rings is 2. The fourth-order valence-corrected chi connectivity index (χ4v) is 5.52. The van der Waals surface area contributed by atoms with Crippen LogP contribution in [0.4, 0.5) is 0 Å². The van der Waals surface area contributed by atoms with Gasteiger partial charge < -0.3 is 5.32 Å². The summed E-state index contributed by atoms with van der Waals surface area (Å²) in [5.74, 6) is -0.0789. The zero-order valence-corrected chi connectivity index (χ0v) is 19.3. The van der Waals surface area contributed by atoms with Crippen LogP contribution in [-0.4, -0.2) is 55.8 Å². The van der Waals surface area contributed by atoms with Crippen LogP contribution in [-0.2, 0) is 21.4 Å². The van der Waals surface area contributed by atoms with E-state index in [1.165, 1.54) is 15.9 Å². The number of hydrogen-bond acceptors (Lipinski definition) is 4. The highest BCUT2D eigenvalue weighted by Gasteiger charge is 2.33. The van der Waals surface area contributed by atoms with E-state index in [0.717, 1.165) is 5.56 Å². The molecule has 2 aromatic rings. The molecule has 1 aliphatic rings. The van der Waals surface area contributed by atoms with Crippen molar-refractivity contribution < 1.29 is 13.2 Å². The zero-order valence-electron chi connectivity index (χ0n) is 16.9. The minimum Gasteiger partial charge on any atom is -0.351 e. The van der Waals surface area contributed by atoms with Crippen LogP contribution < -0.4 is 5.32 Å². The van der Waals surface area contributed by atoms with Gasteiger partial charge in [-0.2, -0.15) is 4.31 Å². The fourth-order valence-electron chi connectivity index (χ4n) is 3.36. The van der Waals surface area contributed by atoms with Gasteiger partial charge in [0.1, 0.15) is 4.90 Å². The molecule has 3 rings (SSSR count). The lowest BCUT2D eigenvalue weighted by atomic mass is 10.1. The summed E-state index contributed by atoms with van der Waals surface area (Å²) in [7, 11) is -3.74. The Morgan fingerprint density at radius 2 is 1.70 bits per heavy atom. The Morgan fingerprint density at radius 3 is 2.33 bits per heavy atom. The van der Waals surface area contributed by atoms with E-state index in [0.29, 0.717) is 19.6 Å². The fraction of sp³-hybridized carbons (Fsp3) is 0.381. The van der Waals surface area contributed by atoms with Crippen molar-refractivity contribution in [3.05, 3.63) is 63.6 Å². The molecule has 2 aromatic carbocycles. The van der Waals surface area contributed by atoms with Gasteiger partial charge in [0.05, 0.1) is 16.1 Å². The Kier molecular flexibility index (Phi) is 7.42. The predicted octanol–water partition coefficient (Wildman–Crippen LogP) is 3.31. The summed E-state index contributed by atoms with van der Waals surface area (Å²) in [4.78, 5) is 14.5. The monoisotopic (exact) mass is 469 g/mol. The molecule has 0 aromatic heterocycles. The van der Waals surface area contributed by atoms with Gasteiger partial charge in [0, 0.05) is 32.7 Å². The topological polar surface area (TPSA) is 69.7 Å². The highest BCUT2D eigenvalue weighted by atomic mass is 35.5. The van der Waals surface area contributed by atoms with E-state index in [2.05, 4.69) is 5.32 Å². The normalized spacial score (nSPS) is 16.9. The van der Waals surface area contributed by atoms with E-state index in [9.17, 15) is 13.2 Å². The van der Waals surface area contributed by atoms with Gasteiger partial charge in [0.15, 0.2) is 0 Å². The molecule has 1 N–H and O–H groups in total. The number of carbonyl (C=O) groups is 1. The van der Waals surface area contributed by atoms with Gasteiger partial charge in [-0.05, 0) is 31.5 Å². The summed E-state index contributed by atoms with van der Waals surface area (Å²) >= 11 is 12.1. The highest BCUT2D eigenvalue weighted by Crippen LogP contribution is 2.31. The Labute approximate surface area is 187 Å². The smallest absolute Gasteiger partial charge is 0.244 e. The molecule has 1 unspecified atom stereocenters. The number of nitrogens with one attached hydrogen (secondary N) is 1. The summed E-state index contributed by atoms with van der Waals surface area (Å²) in [6.07, 6.45) is 0. The largest absolute Gasteiger partial charge is 0.351 e. The molecule has 0 aliphatic carbocycles. The van der Waals surface area contributed by atoms with E-state index in [1.807, 2.05) is 43.0 Å². The Morgan fingerprint density at radius 1 is 1.07 bits per heavy atom. The molecule has 1 amide bonds. The average molecular weight is 470 g/mol. The lowest BCUT2D eigenvalue weighted by Gasteiger charge is -2.36. The molecule has 0 spiro atoms. The van der Waals surface area contributed by atoms with Crippen LogP contribution in [0.3, 0.4) is 0 Å². The van der Waals surface area contributed by atoms with Crippen molar-refractivity contribution in [1.82, 2.24) is 14.5 Å². The third-order valence-electron chi connectivity index (χ3n) is 5.32. The Balaban J connectivity index is 1.57. The van der Waals surface area contributed by atoms with Crippen molar-refractivity contribution in [2.75, 3.05) is 26.2 Å². The molecule has 1 aliphatic heterocycles. The maximum absolute atomic E-state index is 12.9. The molecule has 1 saturated heterocycles. The third kappa shape index (κ3) is 5.15. The van der Waals surface area contributed by atoms with Crippen LogP contribution >= 0.6 is 23.2 Å². The number of halogens is 2. The van der Waals surface area contributed by atoms with Crippen molar-refractivity contribution >= 4 is 39.1 Å². The molecule has 162 valence electrons. The van der Waals surface area contributed by atoms with Crippen LogP contribution in [0.5, 0.6) is 0 Å². The Bertz CT molecular complexity index is 1000. The van der Waals surface area contributed by atoms with E-state index in [4.69, 9.17) is 23.2 Å². The zero-order chi connectivity index (χ0) is 21.9. The van der Waals surface area contributed by atoms with E-state index in [1.54, 1.807) is 12.1 Å². The maximum atomic E-state index is 12.9. The van der Waals surface area contributed by atoms with Crippen molar-refractivity contribution in [3.63, 3.8) is 0 Å². The van der Waals surface area contributed by atoms with Crippen LogP contribution in [0.2, 0.25) is 10.0 Å². The molecule has 0 radical (unpaired) electrons. The minimum atomic E-state index is -3.74. The number of amides is 1. The van der Waals surface area contributed by atoms with Gasteiger partial charge in [-0.25, -0.2) is 8.42 Å². The Hall–Kier alpha value is -1.64.